The predicted molar refractivity (Wildman–Crippen MR) is 90.6 cm³/mol. The molecule has 2 atom stereocenters. The second kappa shape index (κ2) is 5.76. The molecular formula is C20H31N. The number of nitrogens with one attached hydrogen (secondary N) is 1. The highest BCUT2D eigenvalue weighted by atomic mass is 14.9. The van der Waals surface area contributed by atoms with Crippen molar-refractivity contribution in [1.82, 2.24) is 5.32 Å². The van der Waals surface area contributed by atoms with Gasteiger partial charge in [0.2, 0.25) is 0 Å². The second-order valence-electron chi connectivity index (χ2n) is 8.36. The summed E-state index contributed by atoms with van der Waals surface area (Å²) in [5, 5.41) is 3.76. The molecule has 1 aromatic rings. The van der Waals surface area contributed by atoms with Gasteiger partial charge in [-0.3, -0.25) is 0 Å². The van der Waals surface area contributed by atoms with Crippen molar-refractivity contribution in [3.8, 4) is 0 Å². The Hall–Kier alpha value is -0.820. The summed E-state index contributed by atoms with van der Waals surface area (Å²) in [4.78, 5) is 0. The van der Waals surface area contributed by atoms with E-state index in [1.54, 1.807) is 5.56 Å². The standard InChI is InChI=1S/C20H31N/c1-14(2)12-21-13-20(10-18-8-19(18)11-20)9-17-6-15(3)5-16(4)7-17/h5-7,14,18-19,21H,8-13H2,1-4H3. The van der Waals surface area contributed by atoms with Crippen molar-refractivity contribution < 1.29 is 0 Å². The number of fused-ring (bicyclic) bond motifs is 1. The Morgan fingerprint density at radius 1 is 1.10 bits per heavy atom. The highest BCUT2D eigenvalue weighted by Crippen LogP contribution is 2.60. The average Bonchev–Trinajstić information content (AvgIpc) is 2.95. The molecule has 2 aliphatic carbocycles. The van der Waals surface area contributed by atoms with Crippen molar-refractivity contribution in [3.63, 3.8) is 0 Å². The van der Waals surface area contributed by atoms with Crippen LogP contribution in [0.2, 0.25) is 0 Å². The summed E-state index contributed by atoms with van der Waals surface area (Å²) >= 11 is 0. The molecule has 2 aliphatic rings. The van der Waals surface area contributed by atoms with Crippen LogP contribution in [0.5, 0.6) is 0 Å². The normalized spacial score (nSPS) is 30.7. The van der Waals surface area contributed by atoms with Crippen LogP contribution in [-0.4, -0.2) is 13.1 Å². The van der Waals surface area contributed by atoms with E-state index in [0.29, 0.717) is 5.41 Å². The number of rotatable bonds is 6. The lowest BCUT2D eigenvalue weighted by Crippen LogP contribution is -2.36. The van der Waals surface area contributed by atoms with Gasteiger partial charge < -0.3 is 5.32 Å². The summed E-state index contributed by atoms with van der Waals surface area (Å²) in [5.74, 6) is 2.85. The highest BCUT2D eigenvalue weighted by molar-refractivity contribution is 5.30. The largest absolute Gasteiger partial charge is 0.316 e. The van der Waals surface area contributed by atoms with Gasteiger partial charge in [0.1, 0.15) is 0 Å². The van der Waals surface area contributed by atoms with E-state index < -0.39 is 0 Å². The molecule has 0 aromatic heterocycles. The molecule has 1 N–H and O–H groups in total. The van der Waals surface area contributed by atoms with Crippen molar-refractivity contribution in [3.05, 3.63) is 34.9 Å². The van der Waals surface area contributed by atoms with Gasteiger partial charge in [-0.25, -0.2) is 0 Å². The van der Waals surface area contributed by atoms with Gasteiger partial charge in [-0.05, 0) is 74.8 Å². The SMILES string of the molecule is Cc1cc(C)cc(CC2(CNCC(C)C)CC3CC3C2)c1. The molecule has 1 aromatic carbocycles. The first-order valence-corrected chi connectivity index (χ1v) is 8.74. The quantitative estimate of drug-likeness (QED) is 0.811. The molecular weight excluding hydrogens is 254 g/mol. The van der Waals surface area contributed by atoms with E-state index in [9.17, 15) is 0 Å². The Morgan fingerprint density at radius 2 is 1.71 bits per heavy atom. The van der Waals surface area contributed by atoms with E-state index in [1.807, 2.05) is 0 Å². The van der Waals surface area contributed by atoms with Gasteiger partial charge >= 0.3 is 0 Å². The van der Waals surface area contributed by atoms with Crippen LogP contribution in [-0.2, 0) is 6.42 Å². The molecule has 21 heavy (non-hydrogen) atoms. The van der Waals surface area contributed by atoms with Crippen molar-refractivity contribution in [2.24, 2.45) is 23.2 Å². The number of benzene rings is 1. The Labute approximate surface area is 130 Å². The molecule has 0 heterocycles. The first kappa shape index (κ1) is 15.1. The van der Waals surface area contributed by atoms with Gasteiger partial charge in [0.05, 0.1) is 0 Å². The molecule has 0 radical (unpaired) electrons. The van der Waals surface area contributed by atoms with Crippen molar-refractivity contribution in [2.45, 2.75) is 53.4 Å². The fraction of sp³-hybridized carbons (Fsp3) is 0.700. The zero-order chi connectivity index (χ0) is 15.0. The van der Waals surface area contributed by atoms with Gasteiger partial charge in [-0.2, -0.15) is 0 Å². The van der Waals surface area contributed by atoms with Gasteiger partial charge in [-0.1, -0.05) is 43.2 Å². The topological polar surface area (TPSA) is 12.0 Å². The molecule has 0 bridgehead atoms. The summed E-state index contributed by atoms with van der Waals surface area (Å²) in [7, 11) is 0. The van der Waals surface area contributed by atoms with Gasteiger partial charge in [-0.15, -0.1) is 0 Å². The fourth-order valence-corrected chi connectivity index (χ4v) is 4.59. The van der Waals surface area contributed by atoms with Crippen LogP contribution >= 0.6 is 0 Å². The Kier molecular flexibility index (Phi) is 4.14. The molecule has 1 nitrogen and oxygen atoms in total. The third-order valence-electron chi connectivity index (χ3n) is 5.37. The minimum atomic E-state index is 0.530. The van der Waals surface area contributed by atoms with Crippen LogP contribution in [0, 0.1) is 37.0 Å². The van der Waals surface area contributed by atoms with Crippen LogP contribution in [0.15, 0.2) is 18.2 Å². The molecule has 0 aliphatic heterocycles. The minimum Gasteiger partial charge on any atom is -0.316 e. The average molecular weight is 285 g/mol. The zero-order valence-corrected chi connectivity index (χ0v) is 14.2. The first-order chi connectivity index (χ1) is 9.96. The summed E-state index contributed by atoms with van der Waals surface area (Å²) in [6, 6.07) is 7.10. The van der Waals surface area contributed by atoms with Gasteiger partial charge in [0.15, 0.2) is 0 Å². The second-order valence-corrected chi connectivity index (χ2v) is 8.36. The van der Waals surface area contributed by atoms with E-state index in [4.69, 9.17) is 0 Å². The maximum absolute atomic E-state index is 3.76. The van der Waals surface area contributed by atoms with E-state index in [1.165, 1.54) is 43.4 Å². The van der Waals surface area contributed by atoms with Crippen molar-refractivity contribution >= 4 is 0 Å². The number of hydrogen-bond donors (Lipinski definition) is 1. The lowest BCUT2D eigenvalue weighted by molar-refractivity contribution is 0.245. The summed E-state index contributed by atoms with van der Waals surface area (Å²) in [5.41, 5.74) is 4.92. The lowest BCUT2D eigenvalue weighted by Gasteiger charge is -2.32. The maximum atomic E-state index is 3.76. The highest BCUT2D eigenvalue weighted by Gasteiger charge is 2.53. The number of hydrogen-bond acceptors (Lipinski definition) is 1. The minimum absolute atomic E-state index is 0.530. The van der Waals surface area contributed by atoms with Crippen LogP contribution in [0.4, 0.5) is 0 Å². The van der Waals surface area contributed by atoms with E-state index >= 15 is 0 Å². The number of aryl methyl sites for hydroxylation is 2. The molecule has 3 rings (SSSR count). The van der Waals surface area contributed by atoms with Crippen molar-refractivity contribution in [2.75, 3.05) is 13.1 Å². The molecule has 0 spiro atoms. The molecule has 2 unspecified atom stereocenters. The molecule has 0 saturated heterocycles. The first-order valence-electron chi connectivity index (χ1n) is 8.74. The molecule has 1 heteroatoms. The van der Waals surface area contributed by atoms with Crippen LogP contribution in [0.3, 0.4) is 0 Å². The van der Waals surface area contributed by atoms with E-state index in [0.717, 1.165) is 24.3 Å². The molecule has 2 fully saturated rings. The molecule has 2 saturated carbocycles. The Morgan fingerprint density at radius 3 is 2.29 bits per heavy atom. The zero-order valence-electron chi connectivity index (χ0n) is 14.2. The smallest absolute Gasteiger partial charge is 0.00113 e. The summed E-state index contributed by atoms with van der Waals surface area (Å²) in [6.07, 6.45) is 5.69. The van der Waals surface area contributed by atoms with E-state index in [-0.39, 0.29) is 0 Å². The maximum Gasteiger partial charge on any atom is 0.00113 e. The third-order valence-corrected chi connectivity index (χ3v) is 5.37. The fourth-order valence-electron chi connectivity index (χ4n) is 4.59. The lowest BCUT2D eigenvalue weighted by atomic mass is 9.77. The summed E-state index contributed by atoms with van der Waals surface area (Å²) in [6.45, 7) is 11.4. The molecule has 0 amide bonds. The molecule has 116 valence electrons. The van der Waals surface area contributed by atoms with Crippen LogP contribution in [0.25, 0.3) is 0 Å². The Bertz CT molecular complexity index is 472. The van der Waals surface area contributed by atoms with Crippen molar-refractivity contribution in [1.29, 1.82) is 0 Å². The monoisotopic (exact) mass is 285 g/mol. The summed E-state index contributed by atoms with van der Waals surface area (Å²) < 4.78 is 0. The van der Waals surface area contributed by atoms with Gasteiger partial charge in [0, 0.05) is 6.54 Å². The van der Waals surface area contributed by atoms with Crippen LogP contribution < -0.4 is 5.32 Å². The Balaban J connectivity index is 1.70. The van der Waals surface area contributed by atoms with E-state index in [2.05, 4.69) is 51.2 Å². The third kappa shape index (κ3) is 3.69. The van der Waals surface area contributed by atoms with Gasteiger partial charge in [0.25, 0.3) is 0 Å². The van der Waals surface area contributed by atoms with Crippen LogP contribution in [0.1, 0.15) is 49.8 Å². The predicted octanol–water partition coefficient (Wildman–Crippen LogP) is 4.51.